The minimum atomic E-state index is -2.38. The number of rotatable bonds is 8. The van der Waals surface area contributed by atoms with Crippen molar-refractivity contribution in [2.45, 2.75) is 13.0 Å². The van der Waals surface area contributed by atoms with Crippen molar-refractivity contribution >= 4 is 17.3 Å². The number of alkyl halides is 2. The molecule has 0 saturated carbocycles. The number of benzene rings is 1. The maximum atomic E-state index is 12.4. The van der Waals surface area contributed by atoms with Crippen LogP contribution in [0.2, 0.25) is 5.02 Å². The number of halogens is 3. The molecule has 0 unspecified atom stereocenters. The molecule has 6 heteroatoms. The summed E-state index contributed by atoms with van der Waals surface area (Å²) in [5.41, 5.74) is 1.54. The SMILES string of the molecule is COCCNCc1c(Cl)cccc1N(C)CC(F)F. The van der Waals surface area contributed by atoms with Gasteiger partial charge >= 0.3 is 0 Å². The maximum absolute atomic E-state index is 12.4. The van der Waals surface area contributed by atoms with Gasteiger partial charge in [0.05, 0.1) is 13.2 Å². The van der Waals surface area contributed by atoms with Crippen molar-refractivity contribution in [1.29, 1.82) is 0 Å². The molecule has 0 spiro atoms. The molecule has 108 valence electrons. The molecule has 19 heavy (non-hydrogen) atoms. The Morgan fingerprint density at radius 2 is 2.16 bits per heavy atom. The number of methoxy groups -OCH3 is 1. The van der Waals surface area contributed by atoms with Crippen LogP contribution in [0.15, 0.2) is 18.2 Å². The molecule has 0 aliphatic carbocycles. The Balaban J connectivity index is 2.76. The van der Waals surface area contributed by atoms with E-state index in [1.54, 1.807) is 32.4 Å². The molecule has 0 aromatic heterocycles. The zero-order valence-electron chi connectivity index (χ0n) is 11.1. The molecule has 1 N–H and O–H groups in total. The van der Waals surface area contributed by atoms with Crippen molar-refractivity contribution in [3.05, 3.63) is 28.8 Å². The zero-order valence-corrected chi connectivity index (χ0v) is 11.9. The van der Waals surface area contributed by atoms with E-state index in [2.05, 4.69) is 5.32 Å². The summed E-state index contributed by atoms with van der Waals surface area (Å²) in [6.07, 6.45) is -2.38. The molecule has 1 rings (SSSR count). The van der Waals surface area contributed by atoms with Gasteiger partial charge in [-0.25, -0.2) is 8.78 Å². The van der Waals surface area contributed by atoms with Crippen LogP contribution < -0.4 is 10.2 Å². The van der Waals surface area contributed by atoms with Gasteiger partial charge in [-0.05, 0) is 12.1 Å². The van der Waals surface area contributed by atoms with E-state index in [0.717, 1.165) is 11.3 Å². The number of anilines is 1. The lowest BCUT2D eigenvalue weighted by Crippen LogP contribution is -2.27. The number of nitrogens with one attached hydrogen (secondary N) is 1. The van der Waals surface area contributed by atoms with Gasteiger partial charge in [0.15, 0.2) is 0 Å². The molecule has 0 atom stereocenters. The first-order valence-corrected chi connectivity index (χ1v) is 6.40. The second kappa shape index (κ2) is 8.30. The first kappa shape index (κ1) is 16.1. The third-order valence-corrected chi connectivity index (χ3v) is 3.06. The molecule has 0 saturated heterocycles. The molecule has 3 nitrogen and oxygen atoms in total. The summed E-state index contributed by atoms with van der Waals surface area (Å²) in [7, 11) is 3.26. The van der Waals surface area contributed by atoms with Crippen molar-refractivity contribution in [1.82, 2.24) is 5.32 Å². The minimum absolute atomic E-state index is 0.314. The van der Waals surface area contributed by atoms with Gasteiger partial charge < -0.3 is 15.0 Å². The summed E-state index contributed by atoms with van der Waals surface area (Å²) in [5, 5.41) is 3.74. The van der Waals surface area contributed by atoms with Crippen LogP contribution in [-0.2, 0) is 11.3 Å². The standard InChI is InChI=1S/C13H19ClF2N2O/c1-18(9-13(15)16)12-5-3-4-11(14)10(12)8-17-6-7-19-2/h3-5,13,17H,6-9H2,1-2H3. The van der Waals surface area contributed by atoms with Crippen molar-refractivity contribution in [3.63, 3.8) is 0 Å². The fraction of sp³-hybridized carbons (Fsp3) is 0.538. The summed E-state index contributed by atoms with van der Waals surface area (Å²) < 4.78 is 29.8. The first-order valence-electron chi connectivity index (χ1n) is 6.02. The smallest absolute Gasteiger partial charge is 0.255 e. The van der Waals surface area contributed by atoms with E-state index in [1.807, 2.05) is 0 Å². The van der Waals surface area contributed by atoms with Crippen molar-refractivity contribution in [3.8, 4) is 0 Å². The summed E-state index contributed by atoms with van der Waals surface area (Å²) in [6.45, 7) is 1.48. The van der Waals surface area contributed by atoms with E-state index >= 15 is 0 Å². The number of hydrogen-bond donors (Lipinski definition) is 1. The van der Waals surface area contributed by atoms with E-state index < -0.39 is 6.43 Å². The van der Waals surface area contributed by atoms with E-state index in [9.17, 15) is 8.78 Å². The van der Waals surface area contributed by atoms with Gasteiger partial charge in [0.1, 0.15) is 0 Å². The van der Waals surface area contributed by atoms with Gasteiger partial charge in [0.25, 0.3) is 6.43 Å². The van der Waals surface area contributed by atoms with Crippen LogP contribution in [-0.4, -0.2) is 40.3 Å². The van der Waals surface area contributed by atoms with Crippen LogP contribution in [0.5, 0.6) is 0 Å². The van der Waals surface area contributed by atoms with E-state index in [4.69, 9.17) is 16.3 Å². The molecule has 0 bridgehead atoms. The van der Waals surface area contributed by atoms with Gasteiger partial charge in [-0.3, -0.25) is 0 Å². The highest BCUT2D eigenvalue weighted by atomic mass is 35.5. The van der Waals surface area contributed by atoms with Crippen molar-refractivity contribution in [2.75, 3.05) is 38.8 Å². The molecular formula is C13H19ClF2N2O. The third-order valence-electron chi connectivity index (χ3n) is 2.70. The predicted octanol–water partition coefficient (Wildman–Crippen LogP) is 2.78. The van der Waals surface area contributed by atoms with Crippen LogP contribution >= 0.6 is 11.6 Å². The van der Waals surface area contributed by atoms with Gasteiger partial charge in [0.2, 0.25) is 0 Å². The van der Waals surface area contributed by atoms with E-state index in [-0.39, 0.29) is 6.54 Å². The fourth-order valence-corrected chi connectivity index (χ4v) is 2.01. The Labute approximate surface area is 117 Å². The summed E-state index contributed by atoms with van der Waals surface area (Å²) in [6, 6.07) is 5.31. The van der Waals surface area contributed by atoms with Gasteiger partial charge in [0, 0.05) is 43.5 Å². The molecule has 0 radical (unpaired) electrons. The average molecular weight is 293 g/mol. The molecule has 0 amide bonds. The summed E-state index contributed by atoms with van der Waals surface area (Å²) in [4.78, 5) is 1.52. The summed E-state index contributed by atoms with van der Waals surface area (Å²) in [5.74, 6) is 0. The summed E-state index contributed by atoms with van der Waals surface area (Å²) >= 11 is 6.14. The van der Waals surface area contributed by atoms with Gasteiger partial charge in [-0.15, -0.1) is 0 Å². The molecular weight excluding hydrogens is 274 g/mol. The maximum Gasteiger partial charge on any atom is 0.255 e. The van der Waals surface area contributed by atoms with Gasteiger partial charge in [-0.1, -0.05) is 17.7 Å². The lowest BCUT2D eigenvalue weighted by Gasteiger charge is -2.23. The lowest BCUT2D eigenvalue weighted by atomic mass is 10.1. The van der Waals surface area contributed by atoms with E-state index in [0.29, 0.717) is 24.7 Å². The molecule has 0 aliphatic rings. The Kier molecular flexibility index (Phi) is 7.05. The lowest BCUT2D eigenvalue weighted by molar-refractivity contribution is 0.156. The average Bonchev–Trinajstić information content (AvgIpc) is 2.35. The Morgan fingerprint density at radius 1 is 1.42 bits per heavy atom. The fourth-order valence-electron chi connectivity index (χ4n) is 1.77. The Bertz CT molecular complexity index is 391. The number of ether oxygens (including phenoxy) is 1. The topological polar surface area (TPSA) is 24.5 Å². The highest BCUT2D eigenvalue weighted by Gasteiger charge is 2.14. The molecule has 1 aromatic rings. The molecule has 0 aliphatic heterocycles. The van der Waals surface area contributed by atoms with Crippen molar-refractivity contribution < 1.29 is 13.5 Å². The van der Waals surface area contributed by atoms with Gasteiger partial charge in [-0.2, -0.15) is 0 Å². The Morgan fingerprint density at radius 3 is 2.79 bits per heavy atom. The van der Waals surface area contributed by atoms with Crippen LogP contribution in [0.4, 0.5) is 14.5 Å². The largest absolute Gasteiger partial charge is 0.383 e. The molecule has 0 heterocycles. The van der Waals surface area contributed by atoms with Crippen LogP contribution in [0.3, 0.4) is 0 Å². The van der Waals surface area contributed by atoms with E-state index in [1.165, 1.54) is 4.90 Å². The third kappa shape index (κ3) is 5.30. The quantitative estimate of drug-likeness (QED) is 0.746. The normalized spacial score (nSPS) is 11.1. The predicted molar refractivity (Wildman–Crippen MR) is 74.3 cm³/mol. The molecule has 1 aromatic carbocycles. The number of hydrogen-bond acceptors (Lipinski definition) is 3. The second-order valence-corrected chi connectivity index (χ2v) is 4.59. The zero-order chi connectivity index (χ0) is 14.3. The van der Waals surface area contributed by atoms with Crippen molar-refractivity contribution in [2.24, 2.45) is 0 Å². The van der Waals surface area contributed by atoms with Crippen LogP contribution in [0, 0.1) is 0 Å². The highest BCUT2D eigenvalue weighted by Crippen LogP contribution is 2.27. The highest BCUT2D eigenvalue weighted by molar-refractivity contribution is 6.31. The van der Waals surface area contributed by atoms with Crippen LogP contribution in [0.25, 0.3) is 0 Å². The second-order valence-electron chi connectivity index (χ2n) is 4.18. The number of nitrogens with zero attached hydrogens (tertiary/aromatic N) is 1. The molecule has 0 fully saturated rings. The Hall–Kier alpha value is -0.910. The monoisotopic (exact) mass is 292 g/mol. The first-order chi connectivity index (χ1) is 9.06. The minimum Gasteiger partial charge on any atom is -0.383 e. The van der Waals surface area contributed by atoms with Crippen LogP contribution in [0.1, 0.15) is 5.56 Å².